The molecule has 0 fully saturated rings. The third-order valence-electron chi connectivity index (χ3n) is 3.48. The van der Waals surface area contributed by atoms with Gasteiger partial charge in [-0.15, -0.1) is 0 Å². The van der Waals surface area contributed by atoms with E-state index in [9.17, 15) is 19.5 Å². The fraction of sp³-hybridized carbons (Fsp3) is 0.471. The summed E-state index contributed by atoms with van der Waals surface area (Å²) in [5.74, 6) is -2.09. The molecule has 24 heavy (non-hydrogen) atoms. The van der Waals surface area contributed by atoms with E-state index < -0.39 is 17.9 Å². The van der Waals surface area contributed by atoms with Gasteiger partial charge in [0.15, 0.2) is 0 Å². The molecular formula is C17H23N2NaO4. The number of aldehydes is 1. The first-order valence-electron chi connectivity index (χ1n) is 7.86. The van der Waals surface area contributed by atoms with Crippen LogP contribution in [-0.4, -0.2) is 35.8 Å². The largest absolute Gasteiger partial charge is 1.00 e. The summed E-state index contributed by atoms with van der Waals surface area (Å²) in [5, 5.41) is 12.4. The van der Waals surface area contributed by atoms with Crippen molar-refractivity contribution in [3.05, 3.63) is 35.9 Å². The Balaban J connectivity index is 0.00000529. The van der Waals surface area contributed by atoms with Crippen molar-refractivity contribution in [3.8, 4) is 0 Å². The number of hydrazine groups is 1. The van der Waals surface area contributed by atoms with Crippen LogP contribution in [0.1, 0.15) is 38.2 Å². The second kappa shape index (κ2) is 13.1. The second-order valence-electron chi connectivity index (χ2n) is 5.36. The molecule has 1 rings (SSSR count). The maximum atomic E-state index is 11.7. The summed E-state index contributed by atoms with van der Waals surface area (Å²) < 4.78 is 0. The van der Waals surface area contributed by atoms with Crippen LogP contribution in [0.15, 0.2) is 30.3 Å². The van der Waals surface area contributed by atoms with Crippen LogP contribution in [0.4, 0.5) is 0 Å². The Morgan fingerprint density at radius 1 is 1.21 bits per heavy atom. The van der Waals surface area contributed by atoms with Crippen molar-refractivity contribution >= 4 is 18.2 Å². The molecule has 0 heterocycles. The monoisotopic (exact) mass is 342 g/mol. The molecule has 1 N–H and O–H groups in total. The quantitative estimate of drug-likeness (QED) is 0.157. The third-order valence-corrected chi connectivity index (χ3v) is 3.48. The van der Waals surface area contributed by atoms with Crippen LogP contribution < -0.4 is 40.1 Å². The normalized spacial score (nSPS) is 11.2. The minimum Gasteiger partial charge on any atom is -0.548 e. The van der Waals surface area contributed by atoms with E-state index >= 15 is 0 Å². The van der Waals surface area contributed by atoms with Gasteiger partial charge in [0.05, 0.1) is 12.0 Å². The van der Waals surface area contributed by atoms with E-state index in [1.165, 1.54) is 0 Å². The SMILES string of the molecule is CCCCCCN(N[C@@H](Cc1ccccc1)C(=O)[O-])C(=O)C=O.[Na+]. The molecule has 126 valence electrons. The zero-order valence-electron chi connectivity index (χ0n) is 14.4. The second-order valence-corrected chi connectivity index (χ2v) is 5.36. The Kier molecular flexibility index (Phi) is 12.5. The number of carbonyl (C=O) groups is 3. The topological polar surface area (TPSA) is 89.5 Å². The van der Waals surface area contributed by atoms with Gasteiger partial charge in [-0.3, -0.25) is 14.6 Å². The van der Waals surface area contributed by atoms with Crippen molar-refractivity contribution in [1.29, 1.82) is 0 Å². The summed E-state index contributed by atoms with van der Waals surface area (Å²) in [6, 6.07) is 7.96. The van der Waals surface area contributed by atoms with Crippen molar-refractivity contribution < 1.29 is 49.0 Å². The van der Waals surface area contributed by atoms with Gasteiger partial charge in [0.25, 0.3) is 0 Å². The number of carboxylic acid groups (broad SMARTS) is 1. The molecule has 0 radical (unpaired) electrons. The van der Waals surface area contributed by atoms with Crippen LogP contribution in [0, 0.1) is 0 Å². The molecule has 1 aromatic carbocycles. The average molecular weight is 342 g/mol. The summed E-state index contributed by atoms with van der Waals surface area (Å²) in [7, 11) is 0. The Labute approximate surface area is 164 Å². The number of rotatable bonds is 11. The number of aliphatic carboxylic acids is 1. The van der Waals surface area contributed by atoms with Gasteiger partial charge < -0.3 is 9.90 Å². The van der Waals surface area contributed by atoms with Crippen LogP contribution in [0.25, 0.3) is 0 Å². The first-order chi connectivity index (χ1) is 11.1. The molecule has 0 spiro atoms. The maximum Gasteiger partial charge on any atom is 1.00 e. The average Bonchev–Trinajstić information content (AvgIpc) is 2.56. The standard InChI is InChI=1S/C17H24N2O4.Na/c1-2-3-4-8-11-19(16(21)13-20)18-15(17(22)23)12-14-9-6-5-7-10-14;/h5-7,9-10,13,15,18H,2-4,8,11-12H2,1H3,(H,22,23);/q;+1/p-1/t15-;/m0./s1. The molecule has 0 aliphatic rings. The fourth-order valence-electron chi connectivity index (χ4n) is 2.22. The van der Waals surface area contributed by atoms with Gasteiger partial charge in [0.1, 0.15) is 0 Å². The number of hydrogen-bond donors (Lipinski definition) is 1. The molecule has 0 unspecified atom stereocenters. The van der Waals surface area contributed by atoms with Gasteiger partial charge in [0.2, 0.25) is 6.29 Å². The van der Waals surface area contributed by atoms with E-state index in [0.717, 1.165) is 29.8 Å². The molecule has 1 amide bonds. The summed E-state index contributed by atoms with van der Waals surface area (Å²) in [5.41, 5.74) is 3.42. The molecule has 1 aromatic rings. The van der Waals surface area contributed by atoms with E-state index in [0.29, 0.717) is 6.42 Å². The van der Waals surface area contributed by atoms with Crippen LogP contribution in [-0.2, 0) is 20.8 Å². The van der Waals surface area contributed by atoms with Gasteiger partial charge in [-0.05, 0) is 18.4 Å². The minimum atomic E-state index is -1.31. The molecule has 0 bridgehead atoms. The van der Waals surface area contributed by atoms with E-state index in [1.807, 2.05) is 6.07 Å². The predicted octanol–water partition coefficient (Wildman–Crippen LogP) is -2.54. The van der Waals surface area contributed by atoms with Crippen LogP contribution >= 0.6 is 0 Å². The number of carboxylic acids is 1. The Morgan fingerprint density at radius 3 is 2.42 bits per heavy atom. The van der Waals surface area contributed by atoms with E-state index in [2.05, 4.69) is 12.3 Å². The summed E-state index contributed by atoms with van der Waals surface area (Å²) in [6.07, 6.45) is 4.03. The molecular weight excluding hydrogens is 319 g/mol. The number of carbonyl (C=O) groups excluding carboxylic acids is 3. The summed E-state index contributed by atoms with van der Waals surface area (Å²) in [6.45, 7) is 2.36. The first kappa shape index (κ1) is 22.8. The molecule has 7 heteroatoms. The minimum absolute atomic E-state index is 0. The number of nitrogens with zero attached hydrogens (tertiary/aromatic N) is 1. The van der Waals surface area contributed by atoms with Crippen molar-refractivity contribution in [1.82, 2.24) is 10.4 Å². The van der Waals surface area contributed by atoms with Crippen molar-refractivity contribution in [2.24, 2.45) is 0 Å². The zero-order valence-corrected chi connectivity index (χ0v) is 16.4. The van der Waals surface area contributed by atoms with Crippen molar-refractivity contribution in [3.63, 3.8) is 0 Å². The molecule has 0 aliphatic carbocycles. The van der Waals surface area contributed by atoms with Crippen LogP contribution in [0.5, 0.6) is 0 Å². The van der Waals surface area contributed by atoms with Crippen molar-refractivity contribution in [2.75, 3.05) is 6.54 Å². The number of amides is 1. The molecule has 0 saturated carbocycles. The Hall–Kier alpha value is -1.21. The molecule has 0 saturated heterocycles. The molecule has 1 atom stereocenters. The van der Waals surface area contributed by atoms with Gasteiger partial charge in [0, 0.05) is 6.54 Å². The fourth-order valence-corrected chi connectivity index (χ4v) is 2.22. The van der Waals surface area contributed by atoms with Crippen molar-refractivity contribution in [2.45, 2.75) is 45.1 Å². The smallest absolute Gasteiger partial charge is 0.548 e. The van der Waals surface area contributed by atoms with Gasteiger partial charge in [-0.25, -0.2) is 5.43 Å². The van der Waals surface area contributed by atoms with Gasteiger partial charge in [-0.2, -0.15) is 0 Å². The van der Waals surface area contributed by atoms with Gasteiger partial charge in [-0.1, -0.05) is 56.5 Å². The zero-order chi connectivity index (χ0) is 17.1. The predicted molar refractivity (Wildman–Crippen MR) is 84.0 cm³/mol. The van der Waals surface area contributed by atoms with Crippen LogP contribution in [0.3, 0.4) is 0 Å². The third kappa shape index (κ3) is 8.59. The number of benzene rings is 1. The first-order valence-corrected chi connectivity index (χ1v) is 7.86. The van der Waals surface area contributed by atoms with Gasteiger partial charge >= 0.3 is 35.5 Å². The Bertz CT molecular complexity index is 511. The molecule has 0 aromatic heterocycles. The van der Waals surface area contributed by atoms with Crippen LogP contribution in [0.2, 0.25) is 0 Å². The van der Waals surface area contributed by atoms with E-state index in [1.54, 1.807) is 24.3 Å². The number of nitrogens with one attached hydrogen (secondary N) is 1. The summed E-state index contributed by atoms with van der Waals surface area (Å²) >= 11 is 0. The maximum absolute atomic E-state index is 11.7. The molecule has 6 nitrogen and oxygen atoms in total. The number of hydrogen-bond acceptors (Lipinski definition) is 5. The summed E-state index contributed by atoms with van der Waals surface area (Å²) in [4.78, 5) is 33.7. The Morgan fingerprint density at radius 2 is 1.88 bits per heavy atom. The van der Waals surface area contributed by atoms with E-state index in [4.69, 9.17) is 0 Å². The number of unbranched alkanes of at least 4 members (excludes halogenated alkanes) is 3. The molecule has 0 aliphatic heterocycles. The van der Waals surface area contributed by atoms with E-state index in [-0.39, 0.29) is 48.8 Å².